The van der Waals surface area contributed by atoms with Crippen molar-refractivity contribution < 1.29 is 57.6 Å². The summed E-state index contributed by atoms with van der Waals surface area (Å²) in [4.78, 5) is 78.8. The normalized spacial score (nSPS) is 32.1. The Labute approximate surface area is 287 Å². The molecular formula is C37H48O12. The van der Waals surface area contributed by atoms with Gasteiger partial charge in [0.15, 0.2) is 11.9 Å². The molecular weight excluding hydrogens is 636 g/mol. The molecule has 1 aromatic rings. The van der Waals surface area contributed by atoms with Gasteiger partial charge in [0.05, 0.1) is 17.4 Å². The topological polar surface area (TPSA) is 169 Å². The molecule has 0 aromatic heterocycles. The predicted molar refractivity (Wildman–Crippen MR) is 175 cm³/mol. The number of benzene rings is 1. The first kappa shape index (κ1) is 39.1. The molecule has 268 valence electrons. The second-order valence-electron chi connectivity index (χ2n) is 13.9. The van der Waals surface area contributed by atoms with Gasteiger partial charge in [0.1, 0.15) is 23.9 Å². The van der Waals surface area contributed by atoms with Gasteiger partial charge in [-0.15, -0.1) is 0 Å². The molecule has 0 spiro atoms. The van der Waals surface area contributed by atoms with Gasteiger partial charge in [-0.1, -0.05) is 64.6 Å². The van der Waals surface area contributed by atoms with Crippen LogP contribution < -0.4 is 0 Å². The minimum Gasteiger partial charge on any atom is -0.462 e. The van der Waals surface area contributed by atoms with E-state index in [-0.39, 0.29) is 17.6 Å². The van der Waals surface area contributed by atoms with Crippen molar-refractivity contribution in [1.29, 1.82) is 0 Å². The van der Waals surface area contributed by atoms with Crippen molar-refractivity contribution in [2.45, 2.75) is 105 Å². The number of ether oxygens (including phenoxy) is 5. The third kappa shape index (κ3) is 8.83. The van der Waals surface area contributed by atoms with E-state index in [1.807, 2.05) is 0 Å². The van der Waals surface area contributed by atoms with E-state index in [1.54, 1.807) is 78.0 Å². The number of carbonyl (C=O) groups excluding carboxylic acids is 6. The molecule has 0 amide bonds. The summed E-state index contributed by atoms with van der Waals surface area (Å²) in [6.07, 6.45) is -4.58. The van der Waals surface area contributed by atoms with Crippen molar-refractivity contribution in [3.8, 4) is 0 Å². The Bertz CT molecular complexity index is 1480. The first-order valence-corrected chi connectivity index (χ1v) is 16.3. The second kappa shape index (κ2) is 15.5. The number of allylic oxidation sites excluding steroid dienone is 1. The van der Waals surface area contributed by atoms with Crippen LogP contribution in [0.1, 0.15) is 79.1 Å². The van der Waals surface area contributed by atoms with Crippen molar-refractivity contribution >= 4 is 35.6 Å². The summed E-state index contributed by atoms with van der Waals surface area (Å²) in [5.74, 6) is -8.11. The monoisotopic (exact) mass is 684 g/mol. The molecule has 0 bridgehead atoms. The highest BCUT2D eigenvalue weighted by Crippen LogP contribution is 2.51. The number of hydrogen-bond donors (Lipinski definition) is 1. The molecule has 2 aliphatic rings. The number of aliphatic hydroxyl groups is 1. The number of carbonyl (C=O) groups is 6. The van der Waals surface area contributed by atoms with E-state index >= 15 is 0 Å². The molecule has 0 unspecified atom stereocenters. The van der Waals surface area contributed by atoms with Crippen molar-refractivity contribution in [3.63, 3.8) is 0 Å². The van der Waals surface area contributed by atoms with Crippen molar-refractivity contribution in [2.24, 2.45) is 29.1 Å². The molecule has 3 rings (SSSR count). The van der Waals surface area contributed by atoms with Crippen LogP contribution in [0, 0.1) is 29.1 Å². The van der Waals surface area contributed by atoms with E-state index in [0.29, 0.717) is 0 Å². The molecule has 0 saturated heterocycles. The van der Waals surface area contributed by atoms with Crippen LogP contribution in [0.3, 0.4) is 0 Å². The largest absolute Gasteiger partial charge is 0.462 e. The van der Waals surface area contributed by atoms with Gasteiger partial charge in [0.2, 0.25) is 6.10 Å². The minimum absolute atomic E-state index is 0.0995. The zero-order valence-corrected chi connectivity index (χ0v) is 29.6. The number of esters is 5. The highest BCUT2D eigenvalue weighted by molar-refractivity contribution is 5.93. The molecule has 12 heteroatoms. The third-order valence-electron chi connectivity index (χ3n) is 9.00. The Balaban J connectivity index is 2.42. The smallest absolute Gasteiger partial charge is 0.338 e. The number of fused-ring (bicyclic) bond motifs is 1. The SMILES string of the molecule is C=C1[C@@H](OC(=O)C(C)C)[C@@H](OC(C)=O)C(=O)C(C)(C)/C=C/[C@H](C)[C@H](OC(=O)c2ccccc2)[C@@]2(O)C[C@H](C)[C@H](OC(C)=O)[C@@H]2[C@H]1OC(C)=O. The summed E-state index contributed by atoms with van der Waals surface area (Å²) in [6.45, 7) is 17.1. The van der Waals surface area contributed by atoms with Gasteiger partial charge in [-0.25, -0.2) is 4.79 Å². The molecule has 2 aliphatic carbocycles. The van der Waals surface area contributed by atoms with Crippen molar-refractivity contribution in [1.82, 2.24) is 0 Å². The number of ketones is 1. The van der Waals surface area contributed by atoms with Crippen molar-refractivity contribution in [2.75, 3.05) is 0 Å². The Morgan fingerprint density at radius 1 is 0.837 bits per heavy atom. The summed E-state index contributed by atoms with van der Waals surface area (Å²) < 4.78 is 29.1. The maximum absolute atomic E-state index is 14.3. The molecule has 12 nitrogen and oxygen atoms in total. The van der Waals surface area contributed by atoms with E-state index in [9.17, 15) is 33.9 Å². The van der Waals surface area contributed by atoms with E-state index in [2.05, 4.69) is 6.58 Å². The number of Topliss-reactive ketones (excluding diaryl/α,β-unsaturated/α-hetero) is 1. The van der Waals surface area contributed by atoms with Gasteiger partial charge < -0.3 is 28.8 Å². The van der Waals surface area contributed by atoms with Gasteiger partial charge in [-0.05, 0) is 38.3 Å². The molecule has 0 radical (unpaired) electrons. The lowest BCUT2D eigenvalue weighted by molar-refractivity contribution is -0.185. The molecule has 0 heterocycles. The zero-order chi connectivity index (χ0) is 37.0. The molecule has 1 aromatic carbocycles. The molecule has 1 saturated carbocycles. The second-order valence-corrected chi connectivity index (χ2v) is 13.9. The predicted octanol–water partition coefficient (Wildman–Crippen LogP) is 4.32. The quantitative estimate of drug-likeness (QED) is 0.246. The fraction of sp³-hybridized carbons (Fsp3) is 0.568. The average Bonchev–Trinajstić information content (AvgIpc) is 3.26. The lowest BCUT2D eigenvalue weighted by atomic mass is 9.72. The van der Waals surface area contributed by atoms with Crippen molar-refractivity contribution in [3.05, 3.63) is 60.2 Å². The molecule has 0 aliphatic heterocycles. The third-order valence-corrected chi connectivity index (χ3v) is 9.00. The summed E-state index contributed by atoms with van der Waals surface area (Å²) in [7, 11) is 0. The van der Waals surface area contributed by atoms with Gasteiger partial charge in [0.25, 0.3) is 0 Å². The maximum Gasteiger partial charge on any atom is 0.338 e. The molecule has 49 heavy (non-hydrogen) atoms. The molecule has 9 atom stereocenters. The van der Waals surface area contributed by atoms with Crippen LogP contribution in [0.2, 0.25) is 0 Å². The Morgan fingerprint density at radius 3 is 1.92 bits per heavy atom. The summed E-state index contributed by atoms with van der Waals surface area (Å²) in [5, 5.41) is 12.9. The maximum atomic E-state index is 14.3. The van der Waals surface area contributed by atoms with Crippen LogP contribution >= 0.6 is 0 Å². The first-order chi connectivity index (χ1) is 22.7. The number of rotatable bonds is 7. The Hall–Kier alpha value is -4.32. The van der Waals surface area contributed by atoms with Crippen LogP contribution in [0.25, 0.3) is 0 Å². The summed E-state index contributed by atoms with van der Waals surface area (Å²) in [5.41, 5.74) is -3.48. The Morgan fingerprint density at radius 2 is 1.39 bits per heavy atom. The van der Waals surface area contributed by atoms with Crippen LogP contribution in [0.5, 0.6) is 0 Å². The molecule has 1 N–H and O–H groups in total. The lowest BCUT2D eigenvalue weighted by Crippen LogP contribution is -2.59. The fourth-order valence-corrected chi connectivity index (χ4v) is 6.64. The van der Waals surface area contributed by atoms with E-state index < -0.39 is 101 Å². The summed E-state index contributed by atoms with van der Waals surface area (Å²) in [6, 6.07) is 8.13. The van der Waals surface area contributed by atoms with Gasteiger partial charge in [-0.3, -0.25) is 24.0 Å². The van der Waals surface area contributed by atoms with Crippen LogP contribution in [-0.4, -0.2) is 76.9 Å². The number of hydrogen-bond acceptors (Lipinski definition) is 12. The van der Waals surface area contributed by atoms with Crippen LogP contribution in [0.15, 0.2) is 54.6 Å². The summed E-state index contributed by atoms with van der Waals surface area (Å²) >= 11 is 0. The zero-order valence-electron chi connectivity index (χ0n) is 29.6. The standard InChI is InChI=1S/C37H48O12/c1-19(2)34(42)48-30-22(5)29(46-24(7)39)27-28(45-23(6)38)21(4)18-37(27,44)33(49-35(43)26-14-12-11-13-15-26)20(3)16-17-36(9,10)32(41)31(30)47-25(8)40/h11-17,19-21,27-31,33,44H,5,18H2,1-4,6-10H3/b17-16+/t20-,21-,27+,28-,29-,30+,31+,33-,37+/m0/s1. The highest BCUT2D eigenvalue weighted by atomic mass is 16.6. The van der Waals surface area contributed by atoms with E-state index in [0.717, 1.165) is 13.8 Å². The van der Waals surface area contributed by atoms with Gasteiger partial charge in [0, 0.05) is 37.7 Å². The van der Waals surface area contributed by atoms with Crippen LogP contribution in [-0.2, 0) is 47.7 Å². The van der Waals surface area contributed by atoms with Crippen LogP contribution in [0.4, 0.5) is 0 Å². The van der Waals surface area contributed by atoms with E-state index in [4.69, 9.17) is 23.7 Å². The highest BCUT2D eigenvalue weighted by Gasteiger charge is 2.64. The van der Waals surface area contributed by atoms with E-state index in [1.165, 1.54) is 13.0 Å². The molecule has 1 fully saturated rings. The fourth-order valence-electron chi connectivity index (χ4n) is 6.64. The first-order valence-electron chi connectivity index (χ1n) is 16.3. The minimum atomic E-state index is -2.08. The average molecular weight is 685 g/mol. The lowest BCUT2D eigenvalue weighted by Gasteiger charge is -2.45. The van der Waals surface area contributed by atoms with Gasteiger partial charge >= 0.3 is 29.8 Å². The Kier molecular flexibility index (Phi) is 12.4. The van der Waals surface area contributed by atoms with Gasteiger partial charge in [-0.2, -0.15) is 0 Å².